The van der Waals surface area contributed by atoms with Gasteiger partial charge in [-0.25, -0.2) is 0 Å². The summed E-state index contributed by atoms with van der Waals surface area (Å²) >= 11 is 0. The first-order valence-electron chi connectivity index (χ1n) is 14.1. The zero-order valence-electron chi connectivity index (χ0n) is 26.0. The summed E-state index contributed by atoms with van der Waals surface area (Å²) in [5.74, 6) is 0.0171. The van der Waals surface area contributed by atoms with Crippen molar-refractivity contribution in [2.75, 3.05) is 6.61 Å². The molecule has 0 saturated carbocycles. The summed E-state index contributed by atoms with van der Waals surface area (Å²) in [7, 11) is 0. The zero-order chi connectivity index (χ0) is 30.4. The number of ether oxygens (including phenoxy) is 3. The van der Waals surface area contributed by atoms with Crippen LogP contribution in [0.5, 0.6) is 11.6 Å². The van der Waals surface area contributed by atoms with Crippen LogP contribution in [0.3, 0.4) is 0 Å². The molecule has 0 radical (unpaired) electrons. The largest absolute Gasteiger partial charge is 0.491 e. The molecule has 178 valence electrons. The van der Waals surface area contributed by atoms with Gasteiger partial charge in [0.25, 0.3) is 0 Å². The molecule has 4 N–H and O–H groups in total. The minimum Gasteiger partial charge on any atom is -0.491 e. The fourth-order valence-corrected chi connectivity index (χ4v) is 3.41. The second-order valence-corrected chi connectivity index (χ2v) is 7.78. The quantitative estimate of drug-likeness (QED) is 0.467. The van der Waals surface area contributed by atoms with E-state index < -0.39 is 63.1 Å². The standard InChI is InChI=1S/C23H34N2O7/c1-12(2)25-14(5)17(10-15-6-8-16(9-7-15)30-13(3)4)22(24-25)32-23-21(29)20(28)19(27)18(11-26)31-23/h6-9,12-13,18-21,23,26-29H,10-11H2,1-5H3/t18-,19-,20+,21-,23+/m1/s1/i1D3,2D3,12D,13D. The first-order chi connectivity index (χ1) is 18.2. The second kappa shape index (κ2) is 10.2. The van der Waals surface area contributed by atoms with Gasteiger partial charge in [-0.2, -0.15) is 0 Å². The van der Waals surface area contributed by atoms with Gasteiger partial charge in [-0.1, -0.05) is 12.1 Å². The van der Waals surface area contributed by atoms with Crippen LogP contribution >= 0.6 is 0 Å². The molecule has 2 heterocycles. The Morgan fingerprint density at radius 3 is 2.44 bits per heavy atom. The van der Waals surface area contributed by atoms with Gasteiger partial charge in [0.05, 0.1) is 15.4 Å². The molecule has 0 spiro atoms. The number of hydrogen-bond acceptors (Lipinski definition) is 8. The van der Waals surface area contributed by atoms with Crippen molar-refractivity contribution in [1.29, 1.82) is 0 Å². The van der Waals surface area contributed by atoms with Crippen LogP contribution in [-0.2, 0) is 11.2 Å². The lowest BCUT2D eigenvalue weighted by molar-refractivity contribution is -0.278. The van der Waals surface area contributed by atoms with Gasteiger partial charge in [-0.15, -0.1) is 5.10 Å². The van der Waals surface area contributed by atoms with Crippen molar-refractivity contribution >= 4 is 0 Å². The Labute approximate surface area is 199 Å². The lowest BCUT2D eigenvalue weighted by atomic mass is 9.99. The predicted octanol–water partition coefficient (Wildman–Crippen LogP) is 1.33. The Morgan fingerprint density at radius 1 is 1.16 bits per heavy atom. The van der Waals surface area contributed by atoms with Gasteiger partial charge in [-0.05, 0) is 52.2 Å². The molecule has 0 bridgehead atoms. The Kier molecular flexibility index (Phi) is 4.97. The third-order valence-corrected chi connectivity index (χ3v) is 5.12. The zero-order valence-corrected chi connectivity index (χ0v) is 18.0. The van der Waals surface area contributed by atoms with E-state index in [1.54, 1.807) is 38.1 Å². The Bertz CT molecular complexity index is 1150. The minimum atomic E-state index is -3.37. The van der Waals surface area contributed by atoms with Gasteiger partial charge in [0, 0.05) is 31.9 Å². The summed E-state index contributed by atoms with van der Waals surface area (Å²) in [4.78, 5) is 0. The van der Waals surface area contributed by atoms with E-state index in [1.807, 2.05) is 0 Å². The second-order valence-electron chi connectivity index (χ2n) is 7.78. The number of nitrogens with zero attached hydrogens (tertiary/aromatic N) is 2. The Hall–Kier alpha value is -2.17. The Morgan fingerprint density at radius 2 is 1.84 bits per heavy atom. The average Bonchev–Trinajstić information content (AvgIpc) is 3.12. The molecule has 32 heavy (non-hydrogen) atoms. The SMILES string of the molecule is [2H]C(C)(C)Oc1ccc(Cc2c(O[C@@H]3O[C@H](CO)[C@@H](O)[C@H](O)[C@H]3O)nn(C([2H])(C([2H])([2H])[2H])C([2H])([2H])[2H])c2C)cc1. The van der Waals surface area contributed by atoms with E-state index in [0.717, 1.165) is 0 Å². The monoisotopic (exact) mass is 458 g/mol. The predicted molar refractivity (Wildman–Crippen MR) is 117 cm³/mol. The molecule has 0 amide bonds. The maximum Gasteiger partial charge on any atom is 0.239 e. The number of hydrogen-bond donors (Lipinski definition) is 4. The van der Waals surface area contributed by atoms with Crippen LogP contribution < -0.4 is 9.47 Å². The van der Waals surface area contributed by atoms with Crippen LogP contribution in [0.15, 0.2) is 24.3 Å². The van der Waals surface area contributed by atoms with Gasteiger partial charge in [0.2, 0.25) is 12.2 Å². The van der Waals surface area contributed by atoms with E-state index >= 15 is 0 Å². The molecular weight excluding hydrogens is 416 g/mol. The summed E-state index contributed by atoms with van der Waals surface area (Å²) in [6.45, 7) is -2.98. The van der Waals surface area contributed by atoms with Crippen molar-refractivity contribution in [3.05, 3.63) is 41.1 Å². The first-order valence-corrected chi connectivity index (χ1v) is 10.1. The van der Waals surface area contributed by atoms with Crippen LogP contribution in [0.4, 0.5) is 0 Å². The highest BCUT2D eigenvalue weighted by Crippen LogP contribution is 2.31. The maximum atomic E-state index is 10.5. The maximum absolute atomic E-state index is 10.5. The summed E-state index contributed by atoms with van der Waals surface area (Å²) in [5, 5.41) is 44.2. The molecule has 1 aliphatic heterocycles. The molecule has 1 aromatic heterocycles. The van der Waals surface area contributed by atoms with Crippen molar-refractivity contribution in [3.8, 4) is 11.6 Å². The minimum absolute atomic E-state index is 0.0127. The van der Waals surface area contributed by atoms with Gasteiger partial charge < -0.3 is 34.6 Å². The van der Waals surface area contributed by atoms with E-state index in [4.69, 9.17) is 25.2 Å². The normalized spacial score (nSPS) is 31.2. The van der Waals surface area contributed by atoms with Crippen molar-refractivity contribution in [2.45, 2.75) is 83.7 Å². The van der Waals surface area contributed by atoms with Gasteiger partial charge in [0.1, 0.15) is 30.2 Å². The summed E-state index contributed by atoms with van der Waals surface area (Å²) in [6.07, 6.45) is -9.49. The van der Waals surface area contributed by atoms with Gasteiger partial charge in [-0.3, -0.25) is 4.68 Å². The summed E-state index contributed by atoms with van der Waals surface area (Å²) < 4.78 is 80.7. The number of aliphatic hydroxyl groups is 4. The summed E-state index contributed by atoms with van der Waals surface area (Å²) in [5.41, 5.74) is 0.723. The smallest absolute Gasteiger partial charge is 0.239 e. The molecular formula is C23H34N2O7. The van der Waals surface area contributed by atoms with Crippen molar-refractivity contribution in [3.63, 3.8) is 0 Å². The third kappa shape index (κ3) is 5.24. The third-order valence-electron chi connectivity index (χ3n) is 5.12. The van der Waals surface area contributed by atoms with E-state index in [2.05, 4.69) is 5.10 Å². The molecule has 1 aromatic carbocycles. The van der Waals surface area contributed by atoms with Crippen LogP contribution in [0.2, 0.25) is 0 Å². The van der Waals surface area contributed by atoms with Crippen molar-refractivity contribution in [2.24, 2.45) is 0 Å². The molecule has 1 saturated heterocycles. The molecule has 0 unspecified atom stereocenters. The highest BCUT2D eigenvalue weighted by Gasteiger charge is 2.45. The molecule has 9 heteroatoms. The molecule has 1 aliphatic rings. The van der Waals surface area contributed by atoms with Crippen LogP contribution in [0.1, 0.15) is 61.4 Å². The van der Waals surface area contributed by atoms with Crippen LogP contribution in [-0.4, -0.2) is 73.6 Å². The molecule has 1 fully saturated rings. The number of aliphatic hydroxyl groups excluding tert-OH is 4. The van der Waals surface area contributed by atoms with E-state index in [1.165, 1.54) is 6.92 Å². The van der Waals surface area contributed by atoms with Gasteiger partial charge >= 0.3 is 0 Å². The van der Waals surface area contributed by atoms with Crippen LogP contribution in [0.25, 0.3) is 0 Å². The first kappa shape index (κ1) is 15.6. The number of rotatable bonds is 8. The lowest BCUT2D eigenvalue weighted by Gasteiger charge is -2.39. The number of aromatic nitrogens is 2. The molecule has 5 atom stereocenters. The molecule has 0 aliphatic carbocycles. The average molecular weight is 459 g/mol. The fraction of sp³-hybridized carbons (Fsp3) is 0.609. The number of benzene rings is 1. The highest BCUT2D eigenvalue weighted by molar-refractivity contribution is 5.38. The van der Waals surface area contributed by atoms with Crippen LogP contribution in [0, 0.1) is 6.92 Å². The fourth-order valence-electron chi connectivity index (χ4n) is 3.41. The van der Waals surface area contributed by atoms with E-state index in [0.29, 0.717) is 16.0 Å². The van der Waals surface area contributed by atoms with Gasteiger partial charge in [0.15, 0.2) is 0 Å². The lowest BCUT2D eigenvalue weighted by Crippen LogP contribution is -2.60. The van der Waals surface area contributed by atoms with Crippen molar-refractivity contribution < 1.29 is 45.6 Å². The molecule has 9 nitrogen and oxygen atoms in total. The highest BCUT2D eigenvalue weighted by atomic mass is 16.7. The van der Waals surface area contributed by atoms with E-state index in [-0.39, 0.29) is 23.6 Å². The summed E-state index contributed by atoms with van der Waals surface area (Å²) in [6, 6.07) is 3.27. The molecule has 3 rings (SSSR count). The van der Waals surface area contributed by atoms with Crippen molar-refractivity contribution in [1.82, 2.24) is 9.78 Å². The Balaban J connectivity index is 2.10. The van der Waals surface area contributed by atoms with E-state index in [9.17, 15) is 20.4 Å². The molecule has 2 aromatic rings. The topological polar surface area (TPSA) is 126 Å².